The van der Waals surface area contributed by atoms with Gasteiger partial charge in [-0.25, -0.2) is 0 Å². The fourth-order valence-corrected chi connectivity index (χ4v) is 2.89. The third-order valence-corrected chi connectivity index (χ3v) is 3.87. The van der Waals surface area contributed by atoms with E-state index in [2.05, 4.69) is 29.8 Å². The van der Waals surface area contributed by atoms with Gasteiger partial charge < -0.3 is 5.73 Å². The van der Waals surface area contributed by atoms with E-state index in [1.807, 2.05) is 0 Å². The van der Waals surface area contributed by atoms with E-state index in [4.69, 9.17) is 5.73 Å². The van der Waals surface area contributed by atoms with Crippen LogP contribution in [0, 0.1) is 6.92 Å². The zero-order valence-electron chi connectivity index (χ0n) is 7.41. The van der Waals surface area contributed by atoms with E-state index in [0.717, 1.165) is 0 Å². The first kappa shape index (κ1) is 8.94. The predicted octanol–water partition coefficient (Wildman–Crippen LogP) is 3.24. The van der Waals surface area contributed by atoms with Crippen LogP contribution in [0.5, 0.6) is 0 Å². The second-order valence-electron chi connectivity index (χ2n) is 2.85. The van der Waals surface area contributed by atoms with E-state index in [9.17, 15) is 0 Å². The summed E-state index contributed by atoms with van der Waals surface area (Å²) >= 11 is 3.52. The first-order chi connectivity index (χ1) is 6.33. The van der Waals surface area contributed by atoms with Gasteiger partial charge in [0.2, 0.25) is 0 Å². The van der Waals surface area contributed by atoms with Crippen molar-refractivity contribution in [3.05, 3.63) is 32.6 Å². The molecule has 0 atom stereocenters. The fourth-order valence-electron chi connectivity index (χ4n) is 1.40. The molecule has 0 saturated carbocycles. The molecule has 0 amide bonds. The van der Waals surface area contributed by atoms with Crippen molar-refractivity contribution in [3.63, 3.8) is 0 Å². The maximum absolute atomic E-state index is 5.67. The van der Waals surface area contributed by atoms with E-state index < -0.39 is 0 Å². The molecule has 0 fully saturated rings. The SMILES string of the molecule is Cc1sccc1-c1ccsc1CN. The standard InChI is InChI=1S/C10H11NS2/c1-7-8(2-4-12-7)9-3-5-13-10(9)6-11/h2-5H,6,11H2,1H3. The van der Waals surface area contributed by atoms with Crippen molar-refractivity contribution in [2.24, 2.45) is 5.73 Å². The molecule has 2 heterocycles. The second kappa shape index (κ2) is 3.62. The summed E-state index contributed by atoms with van der Waals surface area (Å²) in [5, 5.41) is 4.23. The van der Waals surface area contributed by atoms with Crippen molar-refractivity contribution < 1.29 is 0 Å². The Balaban J connectivity index is 2.52. The van der Waals surface area contributed by atoms with Gasteiger partial charge in [0.05, 0.1) is 0 Å². The van der Waals surface area contributed by atoms with E-state index in [0.29, 0.717) is 6.54 Å². The van der Waals surface area contributed by atoms with Crippen LogP contribution >= 0.6 is 22.7 Å². The van der Waals surface area contributed by atoms with Gasteiger partial charge in [-0.3, -0.25) is 0 Å². The Labute approximate surface area is 85.8 Å². The van der Waals surface area contributed by atoms with Crippen molar-refractivity contribution in [3.8, 4) is 11.1 Å². The lowest BCUT2D eigenvalue weighted by Gasteiger charge is -1.99. The minimum atomic E-state index is 0.641. The molecule has 0 aromatic carbocycles. The topological polar surface area (TPSA) is 26.0 Å². The van der Waals surface area contributed by atoms with Gasteiger partial charge >= 0.3 is 0 Å². The monoisotopic (exact) mass is 209 g/mol. The number of rotatable bonds is 2. The average molecular weight is 209 g/mol. The minimum absolute atomic E-state index is 0.641. The molecule has 68 valence electrons. The maximum atomic E-state index is 5.67. The smallest absolute Gasteiger partial charge is 0.0280 e. The molecule has 0 aliphatic heterocycles. The summed E-state index contributed by atoms with van der Waals surface area (Å²) in [6.45, 7) is 2.79. The van der Waals surface area contributed by atoms with Crippen molar-refractivity contribution >= 4 is 22.7 Å². The van der Waals surface area contributed by atoms with Crippen molar-refractivity contribution in [2.45, 2.75) is 13.5 Å². The van der Waals surface area contributed by atoms with Crippen LogP contribution in [-0.2, 0) is 6.54 Å². The molecule has 2 N–H and O–H groups in total. The summed E-state index contributed by atoms with van der Waals surface area (Å²) in [4.78, 5) is 2.65. The lowest BCUT2D eigenvalue weighted by Crippen LogP contribution is -1.94. The molecule has 0 saturated heterocycles. The Morgan fingerprint density at radius 1 is 1.15 bits per heavy atom. The molecule has 0 spiro atoms. The van der Waals surface area contributed by atoms with E-state index in [-0.39, 0.29) is 0 Å². The van der Waals surface area contributed by atoms with Gasteiger partial charge in [0.1, 0.15) is 0 Å². The zero-order valence-corrected chi connectivity index (χ0v) is 9.04. The Bertz CT molecular complexity index is 400. The average Bonchev–Trinajstić information content (AvgIpc) is 2.71. The van der Waals surface area contributed by atoms with Gasteiger partial charge in [0, 0.05) is 16.3 Å². The highest BCUT2D eigenvalue weighted by Crippen LogP contribution is 2.32. The molecule has 2 aromatic heterocycles. The summed E-state index contributed by atoms with van der Waals surface area (Å²) in [5.41, 5.74) is 8.32. The third-order valence-electron chi connectivity index (χ3n) is 2.08. The maximum Gasteiger partial charge on any atom is 0.0280 e. The first-order valence-corrected chi connectivity index (χ1v) is 5.89. The lowest BCUT2D eigenvalue weighted by atomic mass is 10.1. The van der Waals surface area contributed by atoms with Crippen molar-refractivity contribution in [2.75, 3.05) is 0 Å². The third kappa shape index (κ3) is 1.55. The minimum Gasteiger partial charge on any atom is -0.326 e. The number of nitrogens with two attached hydrogens (primary N) is 1. The highest BCUT2D eigenvalue weighted by atomic mass is 32.1. The number of thiophene rings is 2. The molecular formula is C10H11NS2. The van der Waals surface area contributed by atoms with Gasteiger partial charge in [-0.15, -0.1) is 22.7 Å². The van der Waals surface area contributed by atoms with Crippen molar-refractivity contribution in [1.82, 2.24) is 0 Å². The molecule has 0 bridgehead atoms. The summed E-state index contributed by atoms with van der Waals surface area (Å²) in [6, 6.07) is 4.32. The van der Waals surface area contributed by atoms with E-state index >= 15 is 0 Å². The normalized spacial score (nSPS) is 10.6. The molecule has 2 rings (SSSR count). The molecular weight excluding hydrogens is 198 g/mol. The first-order valence-electron chi connectivity index (χ1n) is 4.14. The molecule has 2 aromatic rings. The number of hydrogen-bond acceptors (Lipinski definition) is 3. The molecule has 0 unspecified atom stereocenters. The molecule has 0 radical (unpaired) electrons. The molecule has 0 aliphatic rings. The highest BCUT2D eigenvalue weighted by Gasteiger charge is 2.08. The number of hydrogen-bond donors (Lipinski definition) is 1. The fraction of sp³-hybridized carbons (Fsp3) is 0.200. The van der Waals surface area contributed by atoms with Crippen LogP contribution in [0.2, 0.25) is 0 Å². The summed E-state index contributed by atoms with van der Waals surface area (Å²) in [7, 11) is 0. The Morgan fingerprint density at radius 2 is 1.85 bits per heavy atom. The van der Waals surface area contributed by atoms with Crippen molar-refractivity contribution in [1.29, 1.82) is 0 Å². The molecule has 0 aliphatic carbocycles. The van der Waals surface area contributed by atoms with Gasteiger partial charge in [0.25, 0.3) is 0 Å². The van der Waals surface area contributed by atoms with E-state index in [1.54, 1.807) is 22.7 Å². The van der Waals surface area contributed by atoms with Crippen LogP contribution < -0.4 is 5.73 Å². The van der Waals surface area contributed by atoms with Crippen LogP contribution in [-0.4, -0.2) is 0 Å². The largest absolute Gasteiger partial charge is 0.326 e. The summed E-state index contributed by atoms with van der Waals surface area (Å²) in [6.07, 6.45) is 0. The quantitative estimate of drug-likeness (QED) is 0.807. The Kier molecular flexibility index (Phi) is 2.49. The summed E-state index contributed by atoms with van der Waals surface area (Å²) < 4.78 is 0. The van der Waals surface area contributed by atoms with Gasteiger partial charge in [-0.05, 0) is 40.9 Å². The van der Waals surface area contributed by atoms with Gasteiger partial charge in [-0.1, -0.05) is 0 Å². The van der Waals surface area contributed by atoms with Gasteiger partial charge in [0.15, 0.2) is 0 Å². The van der Waals surface area contributed by atoms with Crippen LogP contribution in [0.4, 0.5) is 0 Å². The van der Waals surface area contributed by atoms with Crippen LogP contribution in [0.25, 0.3) is 11.1 Å². The highest BCUT2D eigenvalue weighted by molar-refractivity contribution is 7.11. The molecule has 1 nitrogen and oxygen atoms in total. The molecule has 3 heteroatoms. The zero-order chi connectivity index (χ0) is 9.26. The second-order valence-corrected chi connectivity index (χ2v) is 4.97. The van der Waals surface area contributed by atoms with Crippen LogP contribution in [0.3, 0.4) is 0 Å². The van der Waals surface area contributed by atoms with Crippen LogP contribution in [0.1, 0.15) is 9.75 Å². The van der Waals surface area contributed by atoms with Gasteiger partial charge in [-0.2, -0.15) is 0 Å². The summed E-state index contributed by atoms with van der Waals surface area (Å²) in [5.74, 6) is 0. The Hall–Kier alpha value is -0.640. The number of aryl methyl sites for hydroxylation is 1. The van der Waals surface area contributed by atoms with E-state index in [1.165, 1.54) is 20.9 Å². The Morgan fingerprint density at radius 3 is 2.46 bits per heavy atom. The lowest BCUT2D eigenvalue weighted by molar-refractivity contribution is 1.11. The van der Waals surface area contributed by atoms with Crippen LogP contribution in [0.15, 0.2) is 22.9 Å². The molecule has 13 heavy (non-hydrogen) atoms. The predicted molar refractivity (Wildman–Crippen MR) is 60.3 cm³/mol.